The highest BCUT2D eigenvalue weighted by atomic mass is 35.5. The van der Waals surface area contributed by atoms with Gasteiger partial charge in [-0.15, -0.1) is 0 Å². The molecular formula is C11H7BClNO. The van der Waals surface area contributed by atoms with Gasteiger partial charge in [0.05, 0.1) is 5.02 Å². The van der Waals surface area contributed by atoms with E-state index in [1.54, 1.807) is 12.3 Å². The third kappa shape index (κ3) is 1.16. The zero-order chi connectivity index (χ0) is 10.4. The van der Waals surface area contributed by atoms with Crippen LogP contribution >= 0.6 is 11.6 Å². The molecule has 3 aromatic rings. The van der Waals surface area contributed by atoms with Crippen LogP contribution in [-0.2, 0) is 0 Å². The van der Waals surface area contributed by atoms with Crippen molar-refractivity contribution in [2.45, 2.75) is 0 Å². The summed E-state index contributed by atoms with van der Waals surface area (Å²) in [4.78, 5) is 4.31. The Kier molecular flexibility index (Phi) is 1.76. The van der Waals surface area contributed by atoms with Crippen molar-refractivity contribution in [2.24, 2.45) is 0 Å². The van der Waals surface area contributed by atoms with Crippen LogP contribution in [0.25, 0.3) is 22.1 Å². The predicted molar refractivity (Wildman–Crippen MR) is 64.7 cm³/mol. The van der Waals surface area contributed by atoms with Gasteiger partial charge in [0.1, 0.15) is 18.9 Å². The molecule has 2 aromatic heterocycles. The number of hydrogen-bond donors (Lipinski definition) is 0. The fraction of sp³-hybridized carbons (Fsp3) is 0. The topological polar surface area (TPSA) is 26.0 Å². The average Bonchev–Trinajstić information content (AvgIpc) is 2.59. The minimum Gasteiger partial charge on any atom is -0.453 e. The Balaban J connectivity index is 2.65. The molecule has 15 heavy (non-hydrogen) atoms. The first kappa shape index (κ1) is 8.80. The number of furan rings is 1. The molecule has 0 N–H and O–H groups in total. The summed E-state index contributed by atoms with van der Waals surface area (Å²) in [5.41, 5.74) is 3.51. The van der Waals surface area contributed by atoms with Gasteiger partial charge in [0, 0.05) is 11.6 Å². The van der Waals surface area contributed by atoms with Gasteiger partial charge in [-0.3, -0.25) is 4.98 Å². The lowest BCUT2D eigenvalue weighted by Gasteiger charge is -1.93. The molecular weight excluding hydrogens is 208 g/mol. The Bertz CT molecular complexity index is 662. The predicted octanol–water partition coefficient (Wildman–Crippen LogP) is 1.89. The number of nitrogens with zero attached hydrogens (tertiary/aromatic N) is 1. The fourth-order valence-electron chi connectivity index (χ4n) is 1.84. The molecule has 0 aliphatic heterocycles. The van der Waals surface area contributed by atoms with Crippen LogP contribution in [0.1, 0.15) is 0 Å². The number of halogens is 1. The molecule has 0 radical (unpaired) electrons. The Morgan fingerprint density at radius 2 is 2.13 bits per heavy atom. The van der Waals surface area contributed by atoms with Gasteiger partial charge in [0.2, 0.25) is 0 Å². The minimum atomic E-state index is 0.607. The number of rotatable bonds is 0. The van der Waals surface area contributed by atoms with Gasteiger partial charge in [0.25, 0.3) is 0 Å². The maximum atomic E-state index is 6.05. The van der Waals surface area contributed by atoms with Crippen molar-refractivity contribution in [2.75, 3.05) is 0 Å². The lowest BCUT2D eigenvalue weighted by Crippen LogP contribution is -2.01. The maximum absolute atomic E-state index is 6.05. The van der Waals surface area contributed by atoms with E-state index in [-0.39, 0.29) is 0 Å². The molecule has 1 aromatic carbocycles. The Morgan fingerprint density at radius 1 is 1.27 bits per heavy atom. The first-order chi connectivity index (χ1) is 7.27. The van der Waals surface area contributed by atoms with Gasteiger partial charge >= 0.3 is 0 Å². The van der Waals surface area contributed by atoms with Crippen LogP contribution < -0.4 is 5.46 Å². The van der Waals surface area contributed by atoms with E-state index in [9.17, 15) is 0 Å². The highest BCUT2D eigenvalue weighted by Crippen LogP contribution is 2.29. The van der Waals surface area contributed by atoms with Gasteiger partial charge in [-0.25, -0.2) is 0 Å². The summed E-state index contributed by atoms with van der Waals surface area (Å²) in [6, 6.07) is 7.68. The fourth-order valence-corrected chi connectivity index (χ4v) is 2.02. The molecule has 2 nitrogen and oxygen atoms in total. The Morgan fingerprint density at radius 3 is 3.00 bits per heavy atom. The van der Waals surface area contributed by atoms with Gasteiger partial charge in [-0.2, -0.15) is 0 Å². The Hall–Kier alpha value is -1.48. The number of fused-ring (bicyclic) bond motifs is 3. The summed E-state index contributed by atoms with van der Waals surface area (Å²) >= 11 is 6.05. The second-order valence-electron chi connectivity index (χ2n) is 3.52. The second-order valence-corrected chi connectivity index (χ2v) is 3.93. The summed E-state index contributed by atoms with van der Waals surface area (Å²) in [6.45, 7) is 0. The van der Waals surface area contributed by atoms with E-state index in [1.807, 2.05) is 26.0 Å². The third-order valence-electron chi connectivity index (χ3n) is 2.54. The zero-order valence-corrected chi connectivity index (χ0v) is 8.88. The van der Waals surface area contributed by atoms with Gasteiger partial charge in [-0.05, 0) is 12.1 Å². The second kappa shape index (κ2) is 3.01. The van der Waals surface area contributed by atoms with Crippen molar-refractivity contribution in [3.8, 4) is 0 Å². The van der Waals surface area contributed by atoms with Crippen LogP contribution in [0.15, 0.2) is 34.9 Å². The molecule has 0 bridgehead atoms. The molecule has 0 fully saturated rings. The molecule has 0 saturated carbocycles. The summed E-state index contributed by atoms with van der Waals surface area (Å²) < 4.78 is 5.67. The summed E-state index contributed by atoms with van der Waals surface area (Å²) in [6.07, 6.45) is 1.70. The van der Waals surface area contributed by atoms with Crippen LogP contribution in [0.5, 0.6) is 0 Å². The minimum absolute atomic E-state index is 0.607. The molecule has 0 aliphatic carbocycles. The summed E-state index contributed by atoms with van der Waals surface area (Å²) in [5.74, 6) is 0. The molecule has 0 amide bonds. The van der Waals surface area contributed by atoms with E-state index in [1.165, 1.54) is 0 Å². The molecule has 0 aliphatic rings. The molecule has 0 saturated heterocycles. The first-order valence-electron chi connectivity index (χ1n) is 4.70. The van der Waals surface area contributed by atoms with Crippen LogP contribution in [0.2, 0.25) is 5.02 Å². The third-order valence-corrected chi connectivity index (χ3v) is 2.84. The maximum Gasteiger partial charge on any atom is 0.172 e. The van der Waals surface area contributed by atoms with E-state index in [0.717, 1.165) is 21.9 Å². The van der Waals surface area contributed by atoms with E-state index >= 15 is 0 Å². The lowest BCUT2D eigenvalue weighted by molar-refractivity contribution is 0.668. The van der Waals surface area contributed by atoms with E-state index < -0.39 is 0 Å². The first-order valence-corrected chi connectivity index (χ1v) is 5.07. The van der Waals surface area contributed by atoms with Crippen LogP contribution in [-0.4, -0.2) is 12.8 Å². The SMILES string of the molecule is Bc1cccc2oc3c(Cl)ccnc3c12. The largest absolute Gasteiger partial charge is 0.453 e. The highest BCUT2D eigenvalue weighted by Gasteiger charge is 2.11. The van der Waals surface area contributed by atoms with Gasteiger partial charge in [0.15, 0.2) is 5.58 Å². The quantitative estimate of drug-likeness (QED) is 0.535. The lowest BCUT2D eigenvalue weighted by atomic mass is 9.92. The number of aromatic nitrogens is 1. The van der Waals surface area contributed by atoms with Crippen molar-refractivity contribution in [1.82, 2.24) is 4.98 Å². The molecule has 0 atom stereocenters. The van der Waals surface area contributed by atoms with Crippen molar-refractivity contribution >= 4 is 47.0 Å². The average molecular weight is 215 g/mol. The molecule has 3 rings (SSSR count). The normalized spacial score (nSPS) is 11.3. The van der Waals surface area contributed by atoms with Crippen molar-refractivity contribution in [3.63, 3.8) is 0 Å². The van der Waals surface area contributed by atoms with Crippen LogP contribution in [0.4, 0.5) is 0 Å². The van der Waals surface area contributed by atoms with Crippen LogP contribution in [0.3, 0.4) is 0 Å². The number of benzene rings is 1. The molecule has 4 heteroatoms. The summed E-state index contributed by atoms with van der Waals surface area (Å²) in [5, 5.41) is 1.66. The van der Waals surface area contributed by atoms with E-state index in [4.69, 9.17) is 16.0 Å². The van der Waals surface area contributed by atoms with Gasteiger partial charge < -0.3 is 4.42 Å². The number of hydrogen-bond acceptors (Lipinski definition) is 2. The van der Waals surface area contributed by atoms with Crippen molar-refractivity contribution in [3.05, 3.63) is 35.5 Å². The standard InChI is InChI=1S/C11H7BClNO/c12-6-2-1-3-8-9(6)10-11(15-8)7(13)4-5-14-10/h1-5H,12H2. The van der Waals surface area contributed by atoms with Gasteiger partial charge in [-0.1, -0.05) is 29.2 Å². The highest BCUT2D eigenvalue weighted by molar-refractivity contribution is 6.42. The van der Waals surface area contributed by atoms with Crippen LogP contribution in [0, 0.1) is 0 Å². The summed E-state index contributed by atoms with van der Waals surface area (Å²) in [7, 11) is 2.04. The van der Waals surface area contributed by atoms with Crippen molar-refractivity contribution < 1.29 is 4.42 Å². The van der Waals surface area contributed by atoms with E-state index in [2.05, 4.69) is 4.98 Å². The molecule has 0 unspecified atom stereocenters. The number of pyridine rings is 1. The monoisotopic (exact) mass is 215 g/mol. The van der Waals surface area contributed by atoms with E-state index in [0.29, 0.717) is 10.6 Å². The van der Waals surface area contributed by atoms with Crippen molar-refractivity contribution in [1.29, 1.82) is 0 Å². The Labute approximate surface area is 92.3 Å². The molecule has 0 spiro atoms. The zero-order valence-electron chi connectivity index (χ0n) is 8.12. The molecule has 2 heterocycles. The smallest absolute Gasteiger partial charge is 0.172 e. The molecule has 72 valence electrons.